The Hall–Kier alpha value is -3.23. The Balaban J connectivity index is 1.66. The zero-order valence-corrected chi connectivity index (χ0v) is 13.9. The van der Waals surface area contributed by atoms with Crippen molar-refractivity contribution in [2.75, 3.05) is 18.5 Å². The predicted molar refractivity (Wildman–Crippen MR) is 91.8 cm³/mol. The Morgan fingerprint density at radius 1 is 1.11 bits per heavy atom. The summed E-state index contributed by atoms with van der Waals surface area (Å²) < 4.78 is 48.5. The Bertz CT molecular complexity index is 971. The van der Waals surface area contributed by atoms with Crippen LogP contribution < -0.4 is 14.8 Å². The molecule has 1 aliphatic heterocycles. The average molecular weight is 377 g/mol. The third-order valence-corrected chi connectivity index (χ3v) is 4.00. The van der Waals surface area contributed by atoms with E-state index in [1.807, 2.05) is 5.32 Å². The van der Waals surface area contributed by atoms with E-state index in [2.05, 4.69) is 9.97 Å². The van der Waals surface area contributed by atoms with Crippen molar-refractivity contribution in [1.29, 1.82) is 0 Å². The predicted octanol–water partition coefficient (Wildman–Crippen LogP) is 3.89. The number of nitrogens with zero attached hydrogens (tertiary/aromatic N) is 1. The lowest BCUT2D eigenvalue weighted by molar-refractivity contribution is -0.167. The number of benzene rings is 2. The molecule has 4 rings (SSSR count). The minimum absolute atomic E-state index is 0.0257. The molecule has 2 N–H and O–H groups in total. The van der Waals surface area contributed by atoms with Gasteiger partial charge in [-0.15, -0.1) is 0 Å². The summed E-state index contributed by atoms with van der Waals surface area (Å²) in [6, 6.07) is 9.54. The van der Waals surface area contributed by atoms with Gasteiger partial charge in [0, 0.05) is 29.8 Å². The maximum Gasteiger partial charge on any atom is 0.471 e. The van der Waals surface area contributed by atoms with Gasteiger partial charge in [0.1, 0.15) is 5.82 Å². The topological polar surface area (TPSA) is 76.2 Å². The van der Waals surface area contributed by atoms with Crippen molar-refractivity contribution in [2.24, 2.45) is 0 Å². The van der Waals surface area contributed by atoms with Gasteiger partial charge >= 0.3 is 12.1 Å². The second-order valence-corrected chi connectivity index (χ2v) is 5.98. The first-order chi connectivity index (χ1) is 12.9. The number of carbonyl (C=O) groups excluding carboxylic acids is 1. The second kappa shape index (κ2) is 6.49. The maximum absolute atomic E-state index is 12.4. The number of hydrogen-bond acceptors (Lipinski definition) is 4. The third kappa shape index (κ3) is 3.53. The van der Waals surface area contributed by atoms with Crippen LogP contribution in [0.3, 0.4) is 0 Å². The van der Waals surface area contributed by atoms with E-state index in [0.29, 0.717) is 47.1 Å². The van der Waals surface area contributed by atoms with Gasteiger partial charge in [-0.3, -0.25) is 4.79 Å². The first-order valence-electron chi connectivity index (χ1n) is 8.18. The summed E-state index contributed by atoms with van der Waals surface area (Å²) in [6.07, 6.45) is -4.16. The van der Waals surface area contributed by atoms with Crippen molar-refractivity contribution in [3.63, 3.8) is 0 Å². The van der Waals surface area contributed by atoms with Crippen LogP contribution in [0.4, 0.5) is 18.9 Å². The highest BCUT2D eigenvalue weighted by Gasteiger charge is 2.38. The molecule has 27 heavy (non-hydrogen) atoms. The number of ether oxygens (including phenoxy) is 2. The fraction of sp³-hybridized carbons (Fsp3) is 0.222. The summed E-state index contributed by atoms with van der Waals surface area (Å²) in [5.41, 5.74) is 1.90. The van der Waals surface area contributed by atoms with Crippen LogP contribution in [-0.4, -0.2) is 35.3 Å². The molecule has 0 saturated carbocycles. The number of halogens is 3. The van der Waals surface area contributed by atoms with Gasteiger partial charge < -0.3 is 19.8 Å². The number of aromatic nitrogens is 2. The fourth-order valence-corrected chi connectivity index (χ4v) is 2.75. The highest BCUT2D eigenvalue weighted by molar-refractivity contribution is 5.95. The van der Waals surface area contributed by atoms with Crippen LogP contribution in [0.2, 0.25) is 0 Å². The van der Waals surface area contributed by atoms with E-state index in [0.717, 1.165) is 6.42 Å². The number of imidazole rings is 1. The Kier molecular flexibility index (Phi) is 4.14. The second-order valence-electron chi connectivity index (χ2n) is 5.98. The largest absolute Gasteiger partial charge is 0.489 e. The summed E-state index contributed by atoms with van der Waals surface area (Å²) in [4.78, 5) is 18.7. The van der Waals surface area contributed by atoms with Gasteiger partial charge in [-0.1, -0.05) is 12.1 Å². The molecule has 140 valence electrons. The van der Waals surface area contributed by atoms with E-state index < -0.39 is 12.1 Å². The quantitative estimate of drug-likeness (QED) is 0.710. The number of H-pyrrole nitrogens is 1. The summed E-state index contributed by atoms with van der Waals surface area (Å²) in [5, 5.41) is 1.83. The van der Waals surface area contributed by atoms with Crippen LogP contribution in [0.25, 0.3) is 22.4 Å². The number of aromatic amines is 1. The molecule has 1 aromatic heterocycles. The summed E-state index contributed by atoms with van der Waals surface area (Å²) in [5.74, 6) is -0.360. The molecule has 0 saturated heterocycles. The molecule has 1 aliphatic rings. The van der Waals surface area contributed by atoms with E-state index in [1.54, 1.807) is 18.2 Å². The molecule has 0 fully saturated rings. The number of hydrogen-bond donors (Lipinski definition) is 2. The zero-order valence-electron chi connectivity index (χ0n) is 13.9. The molecule has 2 heterocycles. The van der Waals surface area contributed by atoms with Crippen molar-refractivity contribution in [1.82, 2.24) is 9.97 Å². The molecule has 0 atom stereocenters. The average Bonchev–Trinajstić information content (AvgIpc) is 2.90. The first kappa shape index (κ1) is 17.2. The summed E-state index contributed by atoms with van der Waals surface area (Å²) >= 11 is 0. The van der Waals surface area contributed by atoms with E-state index >= 15 is 0 Å². The van der Waals surface area contributed by atoms with E-state index in [4.69, 9.17) is 9.47 Å². The lowest BCUT2D eigenvalue weighted by atomic mass is 10.2. The highest BCUT2D eigenvalue weighted by Crippen LogP contribution is 2.34. The molecule has 3 aromatic rings. The van der Waals surface area contributed by atoms with Gasteiger partial charge in [-0.05, 0) is 12.1 Å². The van der Waals surface area contributed by atoms with Gasteiger partial charge in [0.25, 0.3) is 0 Å². The monoisotopic (exact) mass is 377 g/mol. The number of alkyl halides is 3. The molecule has 2 aromatic carbocycles. The van der Waals surface area contributed by atoms with Crippen LogP contribution in [0.5, 0.6) is 11.5 Å². The van der Waals surface area contributed by atoms with Crippen LogP contribution >= 0.6 is 0 Å². The van der Waals surface area contributed by atoms with Crippen molar-refractivity contribution in [2.45, 2.75) is 12.6 Å². The van der Waals surface area contributed by atoms with Gasteiger partial charge in [0.05, 0.1) is 24.2 Å². The molecule has 0 unspecified atom stereocenters. The minimum Gasteiger partial charge on any atom is -0.489 e. The smallest absolute Gasteiger partial charge is 0.471 e. The van der Waals surface area contributed by atoms with Crippen LogP contribution in [0.15, 0.2) is 36.4 Å². The summed E-state index contributed by atoms with van der Waals surface area (Å²) in [7, 11) is 0. The molecule has 9 heteroatoms. The van der Waals surface area contributed by atoms with Crippen molar-refractivity contribution in [3.8, 4) is 22.9 Å². The third-order valence-electron chi connectivity index (χ3n) is 4.00. The Labute approximate surface area is 151 Å². The lowest BCUT2D eigenvalue weighted by Gasteiger charge is -2.08. The zero-order chi connectivity index (χ0) is 19.0. The van der Waals surface area contributed by atoms with Crippen LogP contribution in [0, 0.1) is 0 Å². The molecule has 0 aliphatic carbocycles. The molecule has 6 nitrogen and oxygen atoms in total. The van der Waals surface area contributed by atoms with Gasteiger partial charge in [0.2, 0.25) is 0 Å². The molecule has 0 radical (unpaired) electrons. The summed E-state index contributed by atoms with van der Waals surface area (Å²) in [6.45, 7) is 1.11. The molecular formula is C18H14F3N3O3. The number of nitrogens with one attached hydrogen (secondary N) is 2. The van der Waals surface area contributed by atoms with Crippen LogP contribution in [0.1, 0.15) is 6.42 Å². The highest BCUT2D eigenvalue weighted by atomic mass is 19.4. The van der Waals surface area contributed by atoms with Crippen molar-refractivity contribution < 1.29 is 27.4 Å². The molecule has 0 spiro atoms. The number of amides is 1. The van der Waals surface area contributed by atoms with E-state index in [1.165, 1.54) is 18.2 Å². The normalized spacial score (nSPS) is 14.0. The Morgan fingerprint density at radius 2 is 1.85 bits per heavy atom. The number of rotatable bonds is 2. The standard InChI is InChI=1S/C18H14F3N3O3/c19-18(20,21)17(25)22-11-4-1-3-10(7-11)16-23-12-8-14-15(9-13(12)24-16)27-6-2-5-26-14/h1,3-4,7-9H,2,5-6H2,(H,22,25)(H,23,24). The number of fused-ring (bicyclic) bond motifs is 2. The molecular weight excluding hydrogens is 363 g/mol. The number of anilines is 1. The molecule has 1 amide bonds. The minimum atomic E-state index is -4.95. The fourth-order valence-electron chi connectivity index (χ4n) is 2.75. The first-order valence-corrected chi connectivity index (χ1v) is 8.18. The van der Waals surface area contributed by atoms with E-state index in [-0.39, 0.29) is 5.69 Å². The SMILES string of the molecule is O=C(Nc1cccc(-c2nc3cc4c(cc3[nH]2)OCCCO4)c1)C(F)(F)F. The number of carbonyl (C=O) groups is 1. The van der Waals surface area contributed by atoms with Gasteiger partial charge in [-0.25, -0.2) is 4.98 Å². The maximum atomic E-state index is 12.4. The van der Waals surface area contributed by atoms with Crippen molar-refractivity contribution in [3.05, 3.63) is 36.4 Å². The molecule has 0 bridgehead atoms. The van der Waals surface area contributed by atoms with Gasteiger partial charge in [-0.2, -0.15) is 13.2 Å². The lowest BCUT2D eigenvalue weighted by Crippen LogP contribution is -2.29. The Morgan fingerprint density at radius 3 is 2.59 bits per heavy atom. The van der Waals surface area contributed by atoms with Crippen LogP contribution in [-0.2, 0) is 4.79 Å². The van der Waals surface area contributed by atoms with Gasteiger partial charge in [0.15, 0.2) is 11.5 Å². The van der Waals surface area contributed by atoms with Crippen molar-refractivity contribution >= 4 is 22.6 Å². The van der Waals surface area contributed by atoms with E-state index in [9.17, 15) is 18.0 Å².